The molecule has 2 atom stereocenters. The summed E-state index contributed by atoms with van der Waals surface area (Å²) in [4.78, 5) is 15.4. The van der Waals surface area contributed by atoms with Gasteiger partial charge in [0.2, 0.25) is 0 Å². The fourth-order valence-corrected chi connectivity index (χ4v) is 3.34. The zero-order chi connectivity index (χ0) is 15.5. The molecule has 1 aromatic heterocycles. The number of carbonyl (C=O) groups is 1. The molecule has 3 nitrogen and oxygen atoms in total. The van der Waals surface area contributed by atoms with Crippen molar-refractivity contribution in [2.45, 2.75) is 38.6 Å². The normalized spacial score (nSPS) is 21.0. The van der Waals surface area contributed by atoms with E-state index in [0.717, 1.165) is 36.9 Å². The Hall–Kier alpha value is -2.10. The molecule has 1 heterocycles. The Balaban J connectivity index is 1.64. The van der Waals surface area contributed by atoms with Crippen molar-refractivity contribution in [3.63, 3.8) is 0 Å². The molecule has 0 spiro atoms. The average molecular weight is 300 g/mol. The maximum atomic E-state index is 13.0. The quantitative estimate of drug-likeness (QED) is 0.890. The first-order valence-corrected chi connectivity index (χ1v) is 7.83. The molecule has 0 unspecified atom stereocenters. The number of hydrogen-bond donors (Lipinski definition) is 2. The van der Waals surface area contributed by atoms with Gasteiger partial charge in [-0.05, 0) is 55.9 Å². The van der Waals surface area contributed by atoms with Gasteiger partial charge in [0.05, 0.1) is 5.56 Å². The van der Waals surface area contributed by atoms with E-state index in [1.807, 2.05) is 25.1 Å². The largest absolute Gasteiger partial charge is 0.365 e. The maximum Gasteiger partial charge on any atom is 0.253 e. The molecule has 116 valence electrons. The summed E-state index contributed by atoms with van der Waals surface area (Å²) < 4.78 is 13.0. The zero-order valence-corrected chi connectivity index (χ0v) is 12.7. The topological polar surface area (TPSA) is 44.9 Å². The van der Waals surface area contributed by atoms with Crippen LogP contribution in [0.3, 0.4) is 0 Å². The highest BCUT2D eigenvalue weighted by Crippen LogP contribution is 2.29. The number of rotatable bonds is 4. The number of carbonyl (C=O) groups excluding carboxylic acids is 1. The second kappa shape index (κ2) is 6.34. The second-order valence-corrected chi connectivity index (χ2v) is 6.12. The number of aromatic amines is 1. The lowest BCUT2D eigenvalue weighted by atomic mass is 9.94. The first-order chi connectivity index (χ1) is 10.6. The Morgan fingerprint density at radius 3 is 2.73 bits per heavy atom. The molecule has 1 aromatic carbocycles. The van der Waals surface area contributed by atoms with Gasteiger partial charge in [-0.25, -0.2) is 4.39 Å². The van der Waals surface area contributed by atoms with Crippen LogP contribution in [0, 0.1) is 18.7 Å². The fourth-order valence-electron chi connectivity index (χ4n) is 3.34. The Kier molecular flexibility index (Phi) is 4.27. The van der Waals surface area contributed by atoms with Gasteiger partial charge in [0.1, 0.15) is 5.82 Å². The lowest BCUT2D eigenvalue weighted by Crippen LogP contribution is -2.38. The van der Waals surface area contributed by atoms with E-state index in [0.29, 0.717) is 11.5 Å². The van der Waals surface area contributed by atoms with E-state index in [4.69, 9.17) is 0 Å². The average Bonchev–Trinajstić information content (AvgIpc) is 3.11. The summed E-state index contributed by atoms with van der Waals surface area (Å²) in [5.74, 6) is 0.214. The van der Waals surface area contributed by atoms with E-state index < -0.39 is 0 Å². The van der Waals surface area contributed by atoms with Gasteiger partial charge in [-0.2, -0.15) is 0 Å². The maximum absolute atomic E-state index is 13.0. The van der Waals surface area contributed by atoms with Crippen LogP contribution in [0.25, 0.3) is 0 Å². The molecule has 1 aliphatic carbocycles. The van der Waals surface area contributed by atoms with Crippen molar-refractivity contribution >= 4 is 5.91 Å². The van der Waals surface area contributed by atoms with Crippen molar-refractivity contribution in [2.24, 2.45) is 5.92 Å². The third-order valence-corrected chi connectivity index (χ3v) is 4.59. The summed E-state index contributed by atoms with van der Waals surface area (Å²) in [6.45, 7) is 1.90. The van der Waals surface area contributed by atoms with Crippen molar-refractivity contribution in [3.05, 3.63) is 59.2 Å². The first-order valence-electron chi connectivity index (χ1n) is 7.83. The van der Waals surface area contributed by atoms with E-state index in [1.165, 1.54) is 12.1 Å². The fraction of sp³-hybridized carbons (Fsp3) is 0.389. The van der Waals surface area contributed by atoms with E-state index in [2.05, 4.69) is 10.3 Å². The highest BCUT2D eigenvalue weighted by molar-refractivity contribution is 5.95. The molecular formula is C18H21FN2O. The number of H-pyrrole nitrogens is 1. The lowest BCUT2D eigenvalue weighted by Gasteiger charge is -2.21. The number of hydrogen-bond acceptors (Lipinski definition) is 1. The third kappa shape index (κ3) is 3.21. The van der Waals surface area contributed by atoms with Gasteiger partial charge >= 0.3 is 0 Å². The number of benzene rings is 1. The Morgan fingerprint density at radius 2 is 2.05 bits per heavy atom. The van der Waals surface area contributed by atoms with Crippen LogP contribution in [-0.2, 0) is 6.42 Å². The van der Waals surface area contributed by atoms with E-state index >= 15 is 0 Å². The Labute approximate surface area is 129 Å². The van der Waals surface area contributed by atoms with Gasteiger partial charge in [0.15, 0.2) is 0 Å². The van der Waals surface area contributed by atoms with E-state index in [1.54, 1.807) is 6.20 Å². The summed E-state index contributed by atoms with van der Waals surface area (Å²) in [5, 5.41) is 3.17. The van der Waals surface area contributed by atoms with Crippen molar-refractivity contribution in [3.8, 4) is 0 Å². The molecule has 22 heavy (non-hydrogen) atoms. The number of aromatic nitrogens is 1. The molecule has 0 saturated heterocycles. The standard InChI is InChI=1S/C18H21FN2O/c1-12-16(9-10-20-12)18(22)21-17-4-2-3-14(17)11-13-5-7-15(19)8-6-13/h5-10,14,17,20H,2-4,11H2,1H3,(H,21,22)/t14-,17-/m0/s1. The molecule has 1 aliphatic rings. The molecule has 0 bridgehead atoms. The van der Waals surface area contributed by atoms with Gasteiger partial charge in [-0.15, -0.1) is 0 Å². The van der Waals surface area contributed by atoms with Crippen LogP contribution in [0.15, 0.2) is 36.5 Å². The zero-order valence-electron chi connectivity index (χ0n) is 12.7. The van der Waals surface area contributed by atoms with Gasteiger partial charge in [-0.3, -0.25) is 4.79 Å². The van der Waals surface area contributed by atoms with Crippen molar-refractivity contribution in [1.82, 2.24) is 10.3 Å². The molecule has 4 heteroatoms. The first kappa shape index (κ1) is 14.8. The van der Waals surface area contributed by atoms with E-state index in [9.17, 15) is 9.18 Å². The van der Waals surface area contributed by atoms with Crippen LogP contribution in [0.2, 0.25) is 0 Å². The van der Waals surface area contributed by atoms with Gasteiger partial charge in [0.25, 0.3) is 5.91 Å². The van der Waals surface area contributed by atoms with Crippen LogP contribution in [0.5, 0.6) is 0 Å². The molecule has 3 rings (SSSR count). The molecule has 0 radical (unpaired) electrons. The molecule has 1 fully saturated rings. The van der Waals surface area contributed by atoms with Crippen LogP contribution >= 0.6 is 0 Å². The third-order valence-electron chi connectivity index (χ3n) is 4.59. The highest BCUT2D eigenvalue weighted by Gasteiger charge is 2.29. The van der Waals surface area contributed by atoms with Crippen molar-refractivity contribution in [2.75, 3.05) is 0 Å². The minimum atomic E-state index is -0.206. The van der Waals surface area contributed by atoms with E-state index in [-0.39, 0.29) is 17.8 Å². The van der Waals surface area contributed by atoms with Crippen molar-refractivity contribution in [1.29, 1.82) is 0 Å². The number of amides is 1. The van der Waals surface area contributed by atoms with Crippen LogP contribution in [0.4, 0.5) is 4.39 Å². The van der Waals surface area contributed by atoms with Crippen LogP contribution in [-0.4, -0.2) is 16.9 Å². The predicted octanol–water partition coefficient (Wildman–Crippen LogP) is 3.60. The number of aryl methyl sites for hydroxylation is 1. The minimum absolute atomic E-state index is 0.00486. The molecule has 2 N–H and O–H groups in total. The Morgan fingerprint density at radius 1 is 1.27 bits per heavy atom. The molecule has 2 aromatic rings. The summed E-state index contributed by atoms with van der Waals surface area (Å²) >= 11 is 0. The van der Waals surface area contributed by atoms with Crippen molar-refractivity contribution < 1.29 is 9.18 Å². The highest BCUT2D eigenvalue weighted by atomic mass is 19.1. The number of nitrogens with one attached hydrogen (secondary N) is 2. The smallest absolute Gasteiger partial charge is 0.253 e. The van der Waals surface area contributed by atoms with Crippen LogP contribution in [0.1, 0.15) is 40.9 Å². The summed E-state index contributed by atoms with van der Waals surface area (Å²) in [6, 6.07) is 8.69. The summed E-state index contributed by atoms with van der Waals surface area (Å²) in [5.41, 5.74) is 2.74. The number of halogens is 1. The lowest BCUT2D eigenvalue weighted by molar-refractivity contribution is 0.0927. The second-order valence-electron chi connectivity index (χ2n) is 6.12. The summed E-state index contributed by atoms with van der Waals surface area (Å²) in [7, 11) is 0. The molecule has 0 aliphatic heterocycles. The van der Waals surface area contributed by atoms with Crippen LogP contribution < -0.4 is 5.32 Å². The van der Waals surface area contributed by atoms with Gasteiger partial charge < -0.3 is 10.3 Å². The SMILES string of the molecule is Cc1[nH]ccc1C(=O)N[C@H]1CCC[C@H]1Cc1ccc(F)cc1. The Bertz CT molecular complexity index is 647. The van der Waals surface area contributed by atoms with Gasteiger partial charge in [0, 0.05) is 17.9 Å². The predicted molar refractivity (Wildman–Crippen MR) is 84.2 cm³/mol. The molecule has 1 amide bonds. The minimum Gasteiger partial charge on any atom is -0.365 e. The van der Waals surface area contributed by atoms with Gasteiger partial charge in [-0.1, -0.05) is 18.6 Å². The molecular weight excluding hydrogens is 279 g/mol. The summed E-state index contributed by atoms with van der Waals surface area (Å²) in [6.07, 6.45) is 5.92. The monoisotopic (exact) mass is 300 g/mol. The molecule has 1 saturated carbocycles.